The van der Waals surface area contributed by atoms with E-state index in [1.165, 1.54) is 6.92 Å². The molecule has 88 valence electrons. The average molecular weight is 228 g/mol. The Morgan fingerprint density at radius 2 is 1.93 bits per heavy atom. The zero-order chi connectivity index (χ0) is 12.1. The van der Waals surface area contributed by atoms with Crippen LogP contribution in [0.25, 0.3) is 0 Å². The minimum atomic E-state index is -4.46. The first-order valence-corrected chi connectivity index (χ1v) is 4.03. The van der Waals surface area contributed by atoms with Crippen molar-refractivity contribution in [1.29, 1.82) is 0 Å². The van der Waals surface area contributed by atoms with Crippen LogP contribution < -0.4 is 10.6 Å². The maximum absolute atomic E-state index is 11.6. The van der Waals surface area contributed by atoms with Gasteiger partial charge in [-0.15, -0.1) is 0 Å². The predicted molar refractivity (Wildman–Crippen MR) is 44.3 cm³/mol. The molecule has 5 nitrogen and oxygen atoms in total. The number of amides is 2. The minimum absolute atomic E-state index is 0.331. The van der Waals surface area contributed by atoms with Gasteiger partial charge in [0, 0.05) is 12.5 Å². The van der Waals surface area contributed by atoms with Gasteiger partial charge in [-0.2, -0.15) is 13.2 Å². The molecule has 2 amide bonds. The molecule has 0 bridgehead atoms. The molecule has 1 atom stereocenters. The van der Waals surface area contributed by atoms with Gasteiger partial charge in [0.05, 0.1) is 0 Å². The molecule has 0 saturated carbocycles. The number of rotatable bonds is 4. The Bertz CT molecular complexity index is 242. The molecule has 1 unspecified atom stereocenters. The monoisotopic (exact) mass is 228 g/mol. The number of hydrogen-bond donors (Lipinski definition) is 3. The van der Waals surface area contributed by atoms with Crippen molar-refractivity contribution in [2.45, 2.75) is 25.6 Å². The smallest absolute Gasteiger partial charge is 0.405 e. The number of carbonyl (C=O) groups is 2. The highest BCUT2D eigenvalue weighted by Gasteiger charge is 2.27. The van der Waals surface area contributed by atoms with Crippen LogP contribution in [0.1, 0.15) is 13.3 Å². The van der Waals surface area contributed by atoms with Gasteiger partial charge in [0.15, 0.2) is 0 Å². The summed E-state index contributed by atoms with van der Waals surface area (Å²) >= 11 is 0. The lowest BCUT2D eigenvalue weighted by Gasteiger charge is -2.12. The summed E-state index contributed by atoms with van der Waals surface area (Å²) < 4.78 is 34.9. The number of nitrogens with one attached hydrogen (secondary N) is 2. The van der Waals surface area contributed by atoms with Crippen LogP contribution in [0.4, 0.5) is 18.0 Å². The standard InChI is InChI=1S/C7H11F3N2O3/c1-4(12-6(14)15)2-5(13)11-3-7(8,9)10/h4,12H,2-3H2,1H3,(H,11,13)(H,14,15). The summed E-state index contributed by atoms with van der Waals surface area (Å²) in [5, 5.41) is 11.8. The van der Waals surface area contributed by atoms with E-state index in [2.05, 4.69) is 0 Å². The van der Waals surface area contributed by atoms with E-state index in [4.69, 9.17) is 5.11 Å². The number of hydrogen-bond acceptors (Lipinski definition) is 2. The Morgan fingerprint density at radius 1 is 1.40 bits per heavy atom. The Kier molecular flexibility index (Phi) is 4.89. The second kappa shape index (κ2) is 5.42. The van der Waals surface area contributed by atoms with Gasteiger partial charge in [0.2, 0.25) is 5.91 Å². The van der Waals surface area contributed by atoms with Crippen molar-refractivity contribution in [3.63, 3.8) is 0 Å². The van der Waals surface area contributed by atoms with Gasteiger partial charge in [-0.25, -0.2) is 4.79 Å². The molecule has 0 aromatic rings. The van der Waals surface area contributed by atoms with Crippen molar-refractivity contribution < 1.29 is 27.9 Å². The van der Waals surface area contributed by atoms with E-state index in [0.717, 1.165) is 0 Å². The molecule has 8 heteroatoms. The largest absolute Gasteiger partial charge is 0.465 e. The topological polar surface area (TPSA) is 78.4 Å². The van der Waals surface area contributed by atoms with Crippen molar-refractivity contribution in [1.82, 2.24) is 10.6 Å². The van der Waals surface area contributed by atoms with Crippen LogP contribution in [-0.2, 0) is 4.79 Å². The van der Waals surface area contributed by atoms with Gasteiger partial charge in [0.1, 0.15) is 6.54 Å². The molecular weight excluding hydrogens is 217 g/mol. The summed E-state index contributed by atoms with van der Waals surface area (Å²) in [6, 6.07) is -0.726. The van der Waals surface area contributed by atoms with Crippen molar-refractivity contribution >= 4 is 12.0 Å². The summed E-state index contributed by atoms with van der Waals surface area (Å²) in [6.07, 6.45) is -6.12. The number of halogens is 3. The molecule has 0 saturated heterocycles. The highest BCUT2D eigenvalue weighted by atomic mass is 19.4. The van der Waals surface area contributed by atoms with Crippen LogP contribution in [0, 0.1) is 0 Å². The molecule has 0 aliphatic rings. The summed E-state index contributed by atoms with van der Waals surface area (Å²) in [6.45, 7) is -0.0348. The molecule has 0 rings (SSSR count). The first-order valence-electron chi connectivity index (χ1n) is 4.03. The van der Waals surface area contributed by atoms with E-state index in [9.17, 15) is 22.8 Å². The molecule has 0 heterocycles. The van der Waals surface area contributed by atoms with E-state index in [1.54, 1.807) is 5.32 Å². The molecule has 15 heavy (non-hydrogen) atoms. The number of carboxylic acid groups (broad SMARTS) is 1. The van der Waals surface area contributed by atoms with Gasteiger partial charge in [-0.3, -0.25) is 4.79 Å². The van der Waals surface area contributed by atoms with Gasteiger partial charge >= 0.3 is 12.3 Å². The Morgan fingerprint density at radius 3 is 2.33 bits per heavy atom. The second-order valence-corrected chi connectivity index (χ2v) is 2.95. The quantitative estimate of drug-likeness (QED) is 0.663. The van der Waals surface area contributed by atoms with Gasteiger partial charge in [0.25, 0.3) is 0 Å². The van der Waals surface area contributed by atoms with E-state index in [0.29, 0.717) is 0 Å². The van der Waals surface area contributed by atoms with E-state index in [1.807, 2.05) is 5.32 Å². The van der Waals surface area contributed by atoms with Crippen LogP contribution in [0.15, 0.2) is 0 Å². The highest BCUT2D eigenvalue weighted by Crippen LogP contribution is 2.12. The van der Waals surface area contributed by atoms with Crippen LogP contribution in [0.2, 0.25) is 0 Å². The van der Waals surface area contributed by atoms with Crippen LogP contribution in [0.5, 0.6) is 0 Å². The maximum Gasteiger partial charge on any atom is 0.405 e. The normalized spacial score (nSPS) is 13.1. The predicted octanol–water partition coefficient (Wildman–Crippen LogP) is 0.711. The molecule has 0 aliphatic heterocycles. The zero-order valence-corrected chi connectivity index (χ0v) is 7.89. The lowest BCUT2D eigenvalue weighted by molar-refractivity contribution is -0.138. The summed E-state index contributed by atoms with van der Waals surface area (Å²) in [5.41, 5.74) is 0. The van der Waals surface area contributed by atoms with Crippen LogP contribution in [0.3, 0.4) is 0 Å². The molecule has 3 N–H and O–H groups in total. The van der Waals surface area contributed by atoms with Crippen molar-refractivity contribution in [3.05, 3.63) is 0 Å². The molecule has 0 aromatic heterocycles. The maximum atomic E-state index is 11.6. The second-order valence-electron chi connectivity index (χ2n) is 2.95. The third-order valence-corrected chi connectivity index (χ3v) is 1.35. The number of carbonyl (C=O) groups excluding carboxylic acids is 1. The summed E-state index contributed by atoms with van der Waals surface area (Å²) in [4.78, 5) is 20.9. The molecule has 0 aliphatic carbocycles. The summed E-state index contributed by atoms with van der Waals surface area (Å²) in [7, 11) is 0. The Hall–Kier alpha value is -1.47. The van der Waals surface area contributed by atoms with E-state index >= 15 is 0 Å². The zero-order valence-electron chi connectivity index (χ0n) is 7.89. The van der Waals surface area contributed by atoms with Gasteiger partial charge in [-0.05, 0) is 6.92 Å². The fourth-order valence-corrected chi connectivity index (χ4v) is 0.811. The third kappa shape index (κ3) is 8.85. The molecular formula is C7H11F3N2O3. The fraction of sp³-hybridized carbons (Fsp3) is 0.714. The Balaban J connectivity index is 3.79. The lowest BCUT2D eigenvalue weighted by atomic mass is 10.2. The van der Waals surface area contributed by atoms with Crippen LogP contribution in [-0.4, -0.2) is 35.9 Å². The Labute approximate surface area is 83.6 Å². The van der Waals surface area contributed by atoms with Gasteiger partial charge in [-0.1, -0.05) is 0 Å². The third-order valence-electron chi connectivity index (χ3n) is 1.35. The number of alkyl halides is 3. The van der Waals surface area contributed by atoms with Crippen LogP contribution >= 0.6 is 0 Å². The van der Waals surface area contributed by atoms with E-state index in [-0.39, 0.29) is 6.42 Å². The van der Waals surface area contributed by atoms with Crippen molar-refractivity contribution in [3.8, 4) is 0 Å². The molecule has 0 radical (unpaired) electrons. The van der Waals surface area contributed by atoms with Crippen molar-refractivity contribution in [2.24, 2.45) is 0 Å². The first-order chi connectivity index (χ1) is 6.70. The van der Waals surface area contributed by atoms with Gasteiger partial charge < -0.3 is 15.7 Å². The fourth-order valence-electron chi connectivity index (χ4n) is 0.811. The SMILES string of the molecule is CC(CC(=O)NCC(F)(F)F)NC(=O)O. The summed E-state index contributed by atoms with van der Waals surface area (Å²) in [5.74, 6) is -0.853. The highest BCUT2D eigenvalue weighted by molar-refractivity contribution is 5.77. The molecule has 0 aromatic carbocycles. The lowest BCUT2D eigenvalue weighted by Crippen LogP contribution is -2.39. The first kappa shape index (κ1) is 13.5. The molecule has 0 spiro atoms. The van der Waals surface area contributed by atoms with E-state index < -0.39 is 30.8 Å². The molecule has 0 fully saturated rings. The average Bonchev–Trinajstić information content (AvgIpc) is 1.97. The minimum Gasteiger partial charge on any atom is -0.465 e. The van der Waals surface area contributed by atoms with Crippen molar-refractivity contribution in [2.75, 3.05) is 6.54 Å².